The molecule has 0 spiro atoms. The van der Waals surface area contributed by atoms with Gasteiger partial charge in [-0.25, -0.2) is 0 Å². The van der Waals surface area contributed by atoms with Crippen molar-refractivity contribution in [3.8, 4) is 0 Å². The number of rotatable bonds is 12. The van der Waals surface area contributed by atoms with Gasteiger partial charge in [-0.05, 0) is 42.0 Å². The lowest BCUT2D eigenvalue weighted by Gasteiger charge is -2.32. The Bertz CT molecular complexity index is 1030. The highest BCUT2D eigenvalue weighted by molar-refractivity contribution is 5.88. The molecule has 0 aromatic heterocycles. The summed E-state index contributed by atoms with van der Waals surface area (Å²) in [4.78, 5) is 28.8. The van der Waals surface area contributed by atoms with Gasteiger partial charge < -0.3 is 10.2 Å². The molecular formula is C30H36N2O2. The number of benzene rings is 3. The Hall–Kier alpha value is -3.40. The molecule has 4 nitrogen and oxygen atoms in total. The Labute approximate surface area is 204 Å². The zero-order chi connectivity index (χ0) is 24.2. The van der Waals surface area contributed by atoms with E-state index in [4.69, 9.17) is 0 Å². The van der Waals surface area contributed by atoms with Gasteiger partial charge in [-0.3, -0.25) is 9.59 Å². The molecule has 3 aromatic rings. The maximum absolute atomic E-state index is 13.6. The number of nitrogens with one attached hydrogen (secondary N) is 1. The summed E-state index contributed by atoms with van der Waals surface area (Å²) in [5.74, 6) is -0.0855. The highest BCUT2D eigenvalue weighted by Gasteiger charge is 2.30. The fraction of sp³-hybridized carbons (Fsp3) is 0.333. The number of amides is 2. The van der Waals surface area contributed by atoms with Gasteiger partial charge >= 0.3 is 0 Å². The largest absolute Gasteiger partial charge is 0.354 e. The lowest BCUT2D eigenvalue weighted by atomic mass is 10.0. The minimum absolute atomic E-state index is 0.00122. The Morgan fingerprint density at radius 1 is 0.853 bits per heavy atom. The third-order valence-corrected chi connectivity index (χ3v) is 6.17. The van der Waals surface area contributed by atoms with Crippen LogP contribution in [0, 0.1) is 6.92 Å². The van der Waals surface area contributed by atoms with Crippen LogP contribution in [0.3, 0.4) is 0 Å². The summed E-state index contributed by atoms with van der Waals surface area (Å²) >= 11 is 0. The van der Waals surface area contributed by atoms with Crippen molar-refractivity contribution in [1.29, 1.82) is 0 Å². The standard InChI is InChI=1S/C30H36N2O2/c1-3-4-21-31-30(34)28(22-26-16-9-6-10-17-26)32(23-27-18-12-11-13-24(27)2)29(33)20-19-25-14-7-5-8-15-25/h5-18,28H,3-4,19-23H2,1-2H3,(H,31,34)/t28-/m1/s1. The third-order valence-electron chi connectivity index (χ3n) is 6.17. The highest BCUT2D eigenvalue weighted by atomic mass is 16.2. The number of carbonyl (C=O) groups is 2. The van der Waals surface area contributed by atoms with Crippen molar-refractivity contribution in [2.45, 2.75) is 58.5 Å². The lowest BCUT2D eigenvalue weighted by molar-refractivity contribution is -0.141. The molecule has 0 bridgehead atoms. The van der Waals surface area contributed by atoms with Gasteiger partial charge in [0.15, 0.2) is 0 Å². The molecule has 0 saturated heterocycles. The Balaban J connectivity index is 1.89. The van der Waals surface area contributed by atoms with E-state index in [9.17, 15) is 9.59 Å². The van der Waals surface area contributed by atoms with Crippen LogP contribution >= 0.6 is 0 Å². The lowest BCUT2D eigenvalue weighted by Crippen LogP contribution is -2.50. The summed E-state index contributed by atoms with van der Waals surface area (Å²) in [5.41, 5.74) is 4.35. The number of carbonyl (C=O) groups excluding carboxylic acids is 2. The van der Waals surface area contributed by atoms with E-state index < -0.39 is 6.04 Å². The second-order valence-corrected chi connectivity index (χ2v) is 8.78. The molecule has 0 aliphatic heterocycles. The SMILES string of the molecule is CCCCNC(=O)[C@@H](Cc1ccccc1)N(Cc1ccccc1C)C(=O)CCc1ccccc1. The van der Waals surface area contributed by atoms with Crippen LogP contribution < -0.4 is 5.32 Å². The van der Waals surface area contributed by atoms with Crippen molar-refractivity contribution in [2.24, 2.45) is 0 Å². The van der Waals surface area contributed by atoms with Crippen LogP contribution in [-0.4, -0.2) is 29.3 Å². The molecule has 3 rings (SSSR count). The van der Waals surface area contributed by atoms with Crippen LogP contribution in [0.1, 0.15) is 48.4 Å². The van der Waals surface area contributed by atoms with Crippen molar-refractivity contribution in [3.05, 3.63) is 107 Å². The van der Waals surface area contributed by atoms with Gasteiger partial charge in [0.25, 0.3) is 0 Å². The van der Waals surface area contributed by atoms with Crippen LogP contribution in [-0.2, 0) is 29.0 Å². The molecule has 0 saturated carbocycles. The second-order valence-electron chi connectivity index (χ2n) is 8.78. The fourth-order valence-electron chi connectivity index (χ4n) is 4.07. The van der Waals surface area contributed by atoms with Crippen LogP contribution in [0.25, 0.3) is 0 Å². The van der Waals surface area contributed by atoms with Gasteiger partial charge in [0, 0.05) is 25.9 Å². The smallest absolute Gasteiger partial charge is 0.243 e. The Morgan fingerprint density at radius 2 is 1.47 bits per heavy atom. The van der Waals surface area contributed by atoms with Crippen molar-refractivity contribution >= 4 is 11.8 Å². The van der Waals surface area contributed by atoms with E-state index in [-0.39, 0.29) is 11.8 Å². The van der Waals surface area contributed by atoms with E-state index in [1.54, 1.807) is 4.90 Å². The molecule has 0 heterocycles. The molecule has 1 atom stereocenters. The van der Waals surface area contributed by atoms with Crippen LogP contribution in [0.5, 0.6) is 0 Å². The quantitative estimate of drug-likeness (QED) is 0.367. The highest BCUT2D eigenvalue weighted by Crippen LogP contribution is 2.18. The molecule has 0 aliphatic rings. The van der Waals surface area contributed by atoms with E-state index in [2.05, 4.69) is 25.2 Å². The van der Waals surface area contributed by atoms with Gasteiger partial charge in [0.2, 0.25) is 11.8 Å². The number of hydrogen-bond donors (Lipinski definition) is 1. The first-order valence-corrected chi connectivity index (χ1v) is 12.3. The van der Waals surface area contributed by atoms with Crippen LogP contribution in [0.2, 0.25) is 0 Å². The number of aryl methyl sites for hydroxylation is 2. The maximum atomic E-state index is 13.6. The minimum Gasteiger partial charge on any atom is -0.354 e. The van der Waals surface area contributed by atoms with Crippen molar-refractivity contribution in [1.82, 2.24) is 10.2 Å². The third kappa shape index (κ3) is 7.58. The van der Waals surface area contributed by atoms with Crippen LogP contribution in [0.15, 0.2) is 84.9 Å². The van der Waals surface area contributed by atoms with E-state index in [1.165, 1.54) is 0 Å². The fourth-order valence-corrected chi connectivity index (χ4v) is 4.07. The molecule has 34 heavy (non-hydrogen) atoms. The molecule has 0 radical (unpaired) electrons. The summed E-state index contributed by atoms with van der Waals surface area (Å²) in [5, 5.41) is 3.08. The average molecular weight is 457 g/mol. The molecular weight excluding hydrogens is 420 g/mol. The zero-order valence-corrected chi connectivity index (χ0v) is 20.4. The number of hydrogen-bond acceptors (Lipinski definition) is 2. The molecule has 0 fully saturated rings. The zero-order valence-electron chi connectivity index (χ0n) is 20.4. The van der Waals surface area contributed by atoms with Gasteiger partial charge in [-0.2, -0.15) is 0 Å². The van der Waals surface area contributed by atoms with Gasteiger partial charge in [-0.15, -0.1) is 0 Å². The van der Waals surface area contributed by atoms with Crippen molar-refractivity contribution < 1.29 is 9.59 Å². The van der Waals surface area contributed by atoms with Gasteiger partial charge in [-0.1, -0.05) is 98.3 Å². The second kappa shape index (κ2) is 13.3. The van der Waals surface area contributed by atoms with Gasteiger partial charge in [0.05, 0.1) is 0 Å². The first-order chi connectivity index (χ1) is 16.6. The predicted octanol–water partition coefficient (Wildman–Crippen LogP) is 5.48. The molecule has 2 amide bonds. The molecule has 3 aromatic carbocycles. The number of unbranched alkanes of at least 4 members (excludes halogenated alkanes) is 1. The average Bonchev–Trinajstić information content (AvgIpc) is 2.87. The van der Waals surface area contributed by atoms with Gasteiger partial charge in [0.1, 0.15) is 6.04 Å². The molecule has 0 aliphatic carbocycles. The van der Waals surface area contributed by atoms with E-state index in [1.807, 2.05) is 78.9 Å². The summed E-state index contributed by atoms with van der Waals surface area (Å²) in [6.07, 6.45) is 3.43. The van der Waals surface area contributed by atoms with Crippen LogP contribution in [0.4, 0.5) is 0 Å². The van der Waals surface area contributed by atoms with Crippen molar-refractivity contribution in [3.63, 3.8) is 0 Å². The normalized spacial score (nSPS) is 11.6. The molecule has 1 N–H and O–H groups in total. The van der Waals surface area contributed by atoms with E-state index in [0.717, 1.165) is 35.1 Å². The minimum atomic E-state index is -0.567. The van der Waals surface area contributed by atoms with E-state index >= 15 is 0 Å². The first kappa shape index (κ1) is 25.2. The summed E-state index contributed by atoms with van der Waals surface area (Å²) in [6, 6.07) is 27.5. The van der Waals surface area contributed by atoms with Crippen molar-refractivity contribution in [2.75, 3.05) is 6.54 Å². The Morgan fingerprint density at radius 3 is 2.12 bits per heavy atom. The van der Waals surface area contributed by atoms with E-state index in [0.29, 0.717) is 32.4 Å². The summed E-state index contributed by atoms with van der Waals surface area (Å²) < 4.78 is 0. The number of nitrogens with zero attached hydrogens (tertiary/aromatic N) is 1. The monoisotopic (exact) mass is 456 g/mol. The summed E-state index contributed by atoms with van der Waals surface area (Å²) in [7, 11) is 0. The predicted molar refractivity (Wildman–Crippen MR) is 138 cm³/mol. The first-order valence-electron chi connectivity index (χ1n) is 12.3. The Kier molecular flexibility index (Phi) is 9.90. The molecule has 0 unspecified atom stereocenters. The topological polar surface area (TPSA) is 49.4 Å². The molecule has 4 heteroatoms. The maximum Gasteiger partial charge on any atom is 0.243 e. The molecule has 178 valence electrons. The summed E-state index contributed by atoms with van der Waals surface area (Å²) in [6.45, 7) is 5.19.